The molecule has 1 heterocycles. The van der Waals surface area contributed by atoms with E-state index in [4.69, 9.17) is 23.2 Å². The second-order valence-corrected chi connectivity index (χ2v) is 2.74. The molecule has 0 amide bonds. The van der Waals surface area contributed by atoms with Crippen LogP contribution in [0.5, 0.6) is 0 Å². The first-order chi connectivity index (χ1) is 5.43. The quantitative estimate of drug-likeness (QED) is 0.647. The fourth-order valence-electron chi connectivity index (χ4n) is 0.618. The van der Waals surface area contributed by atoms with Gasteiger partial charge in [0.2, 0.25) is 0 Å². The zero-order valence-electron chi connectivity index (χ0n) is 5.49. The van der Waals surface area contributed by atoms with Gasteiger partial charge in [0.25, 0.3) is 0 Å². The molecule has 1 nitrogen and oxygen atoms in total. The van der Waals surface area contributed by atoms with Crippen molar-refractivity contribution >= 4 is 23.2 Å². The Labute approximate surface area is 76.1 Å². The first kappa shape index (κ1) is 9.61. The van der Waals surface area contributed by atoms with Crippen LogP contribution in [0.1, 0.15) is 5.69 Å². The Morgan fingerprint density at radius 1 is 1.25 bits per heavy atom. The molecule has 12 heavy (non-hydrogen) atoms. The van der Waals surface area contributed by atoms with Gasteiger partial charge in [-0.3, -0.25) is 4.98 Å². The third-order valence-electron chi connectivity index (χ3n) is 1.11. The zero-order valence-corrected chi connectivity index (χ0v) is 7.00. The average Bonchev–Trinajstić information content (AvgIpc) is 1.92. The molecule has 0 aromatic carbocycles. The van der Waals surface area contributed by atoms with Crippen molar-refractivity contribution in [1.82, 2.24) is 4.98 Å². The molecule has 0 N–H and O–H groups in total. The standard InChI is InChI=1S/C6H2Cl2F3N/c7-3-1-2-12-5(4(3)8)6(9,10)11/h1-2H. The topological polar surface area (TPSA) is 12.9 Å². The van der Waals surface area contributed by atoms with E-state index >= 15 is 0 Å². The van der Waals surface area contributed by atoms with Crippen LogP contribution in [0.15, 0.2) is 12.3 Å². The summed E-state index contributed by atoms with van der Waals surface area (Å²) in [5, 5.41) is -0.717. The van der Waals surface area contributed by atoms with E-state index in [0.717, 1.165) is 6.20 Å². The Kier molecular flexibility index (Phi) is 2.49. The summed E-state index contributed by atoms with van der Waals surface area (Å²) in [7, 11) is 0. The van der Waals surface area contributed by atoms with E-state index in [9.17, 15) is 13.2 Å². The number of hydrogen-bond donors (Lipinski definition) is 0. The molecular weight excluding hydrogens is 214 g/mol. The van der Waals surface area contributed by atoms with Gasteiger partial charge in [0.15, 0.2) is 5.69 Å². The molecule has 0 radical (unpaired) electrons. The fraction of sp³-hybridized carbons (Fsp3) is 0.167. The molecule has 0 aliphatic carbocycles. The molecule has 0 fully saturated rings. The Hall–Kier alpha value is -0.480. The third-order valence-corrected chi connectivity index (χ3v) is 1.90. The van der Waals surface area contributed by atoms with Crippen LogP contribution >= 0.6 is 23.2 Å². The van der Waals surface area contributed by atoms with Crippen molar-refractivity contribution in [3.63, 3.8) is 0 Å². The summed E-state index contributed by atoms with van der Waals surface area (Å²) in [5.41, 5.74) is -1.16. The highest BCUT2D eigenvalue weighted by Gasteiger charge is 2.35. The smallest absolute Gasteiger partial charge is 0.250 e. The third kappa shape index (κ3) is 1.81. The lowest BCUT2D eigenvalue weighted by Crippen LogP contribution is -2.08. The molecule has 1 aromatic heterocycles. The molecule has 0 aliphatic rings. The first-order valence-electron chi connectivity index (χ1n) is 2.80. The van der Waals surface area contributed by atoms with Crippen LogP contribution in [0, 0.1) is 0 Å². The van der Waals surface area contributed by atoms with Crippen LogP contribution < -0.4 is 0 Å². The predicted octanol–water partition coefficient (Wildman–Crippen LogP) is 3.41. The van der Waals surface area contributed by atoms with Crippen LogP contribution in [0.2, 0.25) is 10.0 Å². The maximum atomic E-state index is 12.0. The van der Waals surface area contributed by atoms with Gasteiger partial charge < -0.3 is 0 Å². The summed E-state index contributed by atoms with van der Waals surface area (Å²) < 4.78 is 36.1. The van der Waals surface area contributed by atoms with E-state index < -0.39 is 16.9 Å². The molecule has 0 unspecified atom stereocenters. The second kappa shape index (κ2) is 3.11. The highest BCUT2D eigenvalue weighted by molar-refractivity contribution is 6.42. The number of hydrogen-bond acceptors (Lipinski definition) is 1. The SMILES string of the molecule is FC(F)(F)c1nccc(Cl)c1Cl. The lowest BCUT2D eigenvalue weighted by Gasteiger charge is -2.07. The van der Waals surface area contributed by atoms with Crippen molar-refractivity contribution in [3.8, 4) is 0 Å². The number of halogens is 5. The number of aromatic nitrogens is 1. The molecule has 0 atom stereocenters. The zero-order chi connectivity index (χ0) is 9.35. The highest BCUT2D eigenvalue weighted by Crippen LogP contribution is 2.35. The van der Waals surface area contributed by atoms with Gasteiger partial charge >= 0.3 is 6.18 Å². The minimum atomic E-state index is -4.55. The summed E-state index contributed by atoms with van der Waals surface area (Å²) in [5.74, 6) is 0. The van der Waals surface area contributed by atoms with Crippen molar-refractivity contribution in [2.24, 2.45) is 0 Å². The van der Waals surface area contributed by atoms with Gasteiger partial charge in [0, 0.05) is 6.20 Å². The molecule has 0 bridgehead atoms. The molecule has 0 saturated heterocycles. The van der Waals surface area contributed by atoms with Crippen LogP contribution in [0.4, 0.5) is 13.2 Å². The summed E-state index contributed by atoms with van der Waals surface area (Å²) in [6.07, 6.45) is -3.60. The molecule has 0 aliphatic heterocycles. The largest absolute Gasteiger partial charge is 0.434 e. The average molecular weight is 216 g/mol. The first-order valence-corrected chi connectivity index (χ1v) is 3.55. The fourth-order valence-corrected chi connectivity index (χ4v) is 0.983. The van der Waals surface area contributed by atoms with E-state index in [2.05, 4.69) is 4.98 Å². The van der Waals surface area contributed by atoms with Crippen molar-refractivity contribution in [1.29, 1.82) is 0 Å². The molecule has 1 aromatic rings. The van der Waals surface area contributed by atoms with Crippen molar-refractivity contribution in [3.05, 3.63) is 28.0 Å². The van der Waals surface area contributed by atoms with Crippen LogP contribution in [-0.4, -0.2) is 4.98 Å². The number of alkyl halides is 3. The van der Waals surface area contributed by atoms with Gasteiger partial charge in [-0.25, -0.2) is 0 Å². The Bertz CT molecular complexity index is 297. The summed E-state index contributed by atoms with van der Waals surface area (Å²) >= 11 is 10.6. The van der Waals surface area contributed by atoms with E-state index in [0.29, 0.717) is 0 Å². The van der Waals surface area contributed by atoms with Gasteiger partial charge in [-0.15, -0.1) is 0 Å². The Morgan fingerprint density at radius 3 is 2.25 bits per heavy atom. The highest BCUT2D eigenvalue weighted by atomic mass is 35.5. The van der Waals surface area contributed by atoms with Crippen LogP contribution in [0.3, 0.4) is 0 Å². The van der Waals surface area contributed by atoms with E-state index in [1.807, 2.05) is 0 Å². The summed E-state index contributed by atoms with van der Waals surface area (Å²) in [6.45, 7) is 0. The van der Waals surface area contributed by atoms with Gasteiger partial charge in [-0.1, -0.05) is 23.2 Å². The lowest BCUT2D eigenvalue weighted by atomic mass is 10.3. The van der Waals surface area contributed by atoms with Crippen molar-refractivity contribution < 1.29 is 13.2 Å². The molecule has 1 rings (SSSR count). The minimum absolute atomic E-state index is 0.154. The lowest BCUT2D eigenvalue weighted by molar-refractivity contribution is -0.141. The van der Waals surface area contributed by atoms with E-state index in [1.54, 1.807) is 0 Å². The van der Waals surface area contributed by atoms with Crippen molar-refractivity contribution in [2.45, 2.75) is 6.18 Å². The van der Waals surface area contributed by atoms with Gasteiger partial charge in [-0.05, 0) is 6.07 Å². The maximum Gasteiger partial charge on any atom is 0.434 e. The monoisotopic (exact) mass is 215 g/mol. The molecule has 66 valence electrons. The normalized spacial score (nSPS) is 11.8. The van der Waals surface area contributed by atoms with Gasteiger partial charge in [0.05, 0.1) is 10.0 Å². The maximum absolute atomic E-state index is 12.0. The molecule has 0 saturated carbocycles. The van der Waals surface area contributed by atoms with Crippen LogP contribution in [0.25, 0.3) is 0 Å². The number of rotatable bonds is 0. The summed E-state index contributed by atoms with van der Waals surface area (Å²) in [6, 6.07) is 1.19. The van der Waals surface area contributed by atoms with E-state index in [-0.39, 0.29) is 5.02 Å². The second-order valence-electron chi connectivity index (χ2n) is 1.95. The van der Waals surface area contributed by atoms with Crippen LogP contribution in [-0.2, 0) is 6.18 Å². The summed E-state index contributed by atoms with van der Waals surface area (Å²) in [4.78, 5) is 3.07. The van der Waals surface area contributed by atoms with Gasteiger partial charge in [-0.2, -0.15) is 13.2 Å². The van der Waals surface area contributed by atoms with Gasteiger partial charge in [0.1, 0.15) is 0 Å². The van der Waals surface area contributed by atoms with E-state index in [1.165, 1.54) is 6.07 Å². The molecular formula is C6H2Cl2F3N. The minimum Gasteiger partial charge on any atom is -0.250 e. The number of pyridine rings is 1. The number of nitrogens with zero attached hydrogens (tertiary/aromatic N) is 1. The molecule has 0 spiro atoms. The predicted molar refractivity (Wildman–Crippen MR) is 39.3 cm³/mol. The van der Waals surface area contributed by atoms with Crippen molar-refractivity contribution in [2.75, 3.05) is 0 Å². The molecule has 6 heteroatoms. The Morgan fingerprint density at radius 2 is 1.83 bits per heavy atom. The Balaban J connectivity index is 3.26.